The van der Waals surface area contributed by atoms with Gasteiger partial charge in [-0.1, -0.05) is 72.8 Å². The summed E-state index contributed by atoms with van der Waals surface area (Å²) in [6, 6.07) is 32.8. The van der Waals surface area contributed by atoms with Crippen LogP contribution in [0, 0.1) is 0 Å². The van der Waals surface area contributed by atoms with E-state index in [1.54, 1.807) is 48.5 Å². The first-order valence-corrected chi connectivity index (χ1v) is 19.2. The molecular formula is C44H46N8O8. The number of amides is 6. The molecule has 5 rings (SSSR count). The Morgan fingerprint density at radius 2 is 0.867 bits per heavy atom. The van der Waals surface area contributed by atoms with Gasteiger partial charge in [0.25, 0.3) is 11.8 Å². The van der Waals surface area contributed by atoms with Crippen molar-refractivity contribution < 1.29 is 38.2 Å². The third-order valence-electron chi connectivity index (χ3n) is 8.59. The van der Waals surface area contributed by atoms with Crippen molar-refractivity contribution in [3.8, 4) is 0 Å². The second-order valence-corrected chi connectivity index (χ2v) is 13.2. The maximum Gasteiger partial charge on any atom is 0.270 e. The summed E-state index contributed by atoms with van der Waals surface area (Å²) in [6.45, 7) is 0.222. The van der Waals surface area contributed by atoms with Gasteiger partial charge in [0.15, 0.2) is 0 Å². The van der Waals surface area contributed by atoms with E-state index in [0.29, 0.717) is 11.4 Å². The first kappa shape index (κ1) is 43.8. The van der Waals surface area contributed by atoms with Crippen LogP contribution in [-0.2, 0) is 41.9 Å². The lowest BCUT2D eigenvalue weighted by Crippen LogP contribution is -2.50. The van der Waals surface area contributed by atoms with Crippen molar-refractivity contribution in [2.45, 2.75) is 38.1 Å². The van der Waals surface area contributed by atoms with Crippen LogP contribution in [0.4, 0.5) is 11.4 Å². The molecule has 0 aliphatic heterocycles. The van der Waals surface area contributed by atoms with Crippen LogP contribution in [0.5, 0.6) is 0 Å². The van der Waals surface area contributed by atoms with Gasteiger partial charge in [-0.05, 0) is 59.7 Å². The number of carbonyl (C=O) groups excluding carboxylic acids is 6. The molecule has 0 aliphatic carbocycles. The summed E-state index contributed by atoms with van der Waals surface area (Å²) in [6.07, 6.45) is 2.82. The molecule has 2 heterocycles. The summed E-state index contributed by atoms with van der Waals surface area (Å²) in [7, 11) is 0. The third kappa shape index (κ3) is 15.2. The summed E-state index contributed by atoms with van der Waals surface area (Å²) < 4.78 is 11.5. The van der Waals surface area contributed by atoms with E-state index in [1.807, 2.05) is 60.7 Å². The maximum absolute atomic E-state index is 13.1. The highest BCUT2D eigenvalue weighted by molar-refractivity contribution is 5.97. The topological polar surface area (TPSA) is 219 Å². The van der Waals surface area contributed by atoms with Gasteiger partial charge < -0.3 is 41.4 Å². The van der Waals surface area contributed by atoms with Gasteiger partial charge in [-0.2, -0.15) is 0 Å². The Morgan fingerprint density at radius 3 is 1.23 bits per heavy atom. The number of nitrogens with one attached hydrogen (secondary N) is 6. The van der Waals surface area contributed by atoms with Gasteiger partial charge in [-0.25, -0.2) is 0 Å². The molecule has 0 unspecified atom stereocenters. The molecule has 5 aromatic rings. The zero-order chi connectivity index (χ0) is 42.4. The lowest BCUT2D eigenvalue weighted by molar-refractivity contribution is -0.125. The number of benzene rings is 3. The number of pyridine rings is 2. The van der Waals surface area contributed by atoms with Gasteiger partial charge in [-0.15, -0.1) is 0 Å². The molecule has 3 aromatic carbocycles. The van der Waals surface area contributed by atoms with E-state index in [9.17, 15) is 28.8 Å². The molecule has 6 amide bonds. The minimum absolute atomic E-state index is 0.0119. The van der Waals surface area contributed by atoms with E-state index in [0.717, 1.165) is 11.1 Å². The van der Waals surface area contributed by atoms with Gasteiger partial charge in [0.05, 0.1) is 26.4 Å². The number of aromatic nitrogens is 2. The van der Waals surface area contributed by atoms with E-state index in [1.165, 1.54) is 24.5 Å². The highest BCUT2D eigenvalue weighted by Crippen LogP contribution is 2.14. The molecule has 2 aromatic heterocycles. The minimum Gasteiger partial charge on any atom is -0.374 e. The Hall–Kier alpha value is -7.30. The van der Waals surface area contributed by atoms with E-state index in [2.05, 4.69) is 41.9 Å². The summed E-state index contributed by atoms with van der Waals surface area (Å²) >= 11 is 0. The van der Waals surface area contributed by atoms with Gasteiger partial charge >= 0.3 is 0 Å². The van der Waals surface area contributed by atoms with Crippen LogP contribution in [-0.4, -0.2) is 83.8 Å². The Morgan fingerprint density at radius 1 is 0.483 bits per heavy atom. The summed E-state index contributed by atoms with van der Waals surface area (Å²) in [5.74, 6) is -2.90. The molecule has 0 radical (unpaired) electrons. The fourth-order valence-electron chi connectivity index (χ4n) is 5.49. The predicted molar refractivity (Wildman–Crippen MR) is 222 cm³/mol. The van der Waals surface area contributed by atoms with Crippen LogP contribution in [0.25, 0.3) is 0 Å². The molecule has 60 heavy (non-hydrogen) atoms. The number of hydrogen-bond acceptors (Lipinski definition) is 10. The number of rotatable bonds is 22. The van der Waals surface area contributed by atoms with Crippen LogP contribution in [0.15, 0.2) is 134 Å². The van der Waals surface area contributed by atoms with Crippen molar-refractivity contribution in [1.82, 2.24) is 31.2 Å². The second-order valence-electron chi connectivity index (χ2n) is 13.2. The van der Waals surface area contributed by atoms with Gasteiger partial charge in [0.1, 0.15) is 23.5 Å². The van der Waals surface area contributed by atoms with Gasteiger partial charge in [0, 0.05) is 49.7 Å². The monoisotopic (exact) mass is 814 g/mol. The normalized spacial score (nSPS) is 11.6. The average molecular weight is 815 g/mol. The Bertz CT molecular complexity index is 1990. The molecule has 0 saturated heterocycles. The van der Waals surface area contributed by atoms with Crippen LogP contribution < -0.4 is 31.9 Å². The molecule has 2 atom stereocenters. The maximum atomic E-state index is 13.1. The van der Waals surface area contributed by atoms with Crippen LogP contribution in [0.3, 0.4) is 0 Å². The lowest BCUT2D eigenvalue weighted by atomic mass is 10.2. The smallest absolute Gasteiger partial charge is 0.270 e. The zero-order valence-corrected chi connectivity index (χ0v) is 32.7. The summed E-state index contributed by atoms with van der Waals surface area (Å²) in [5.41, 5.74) is 3.00. The molecule has 0 spiro atoms. The van der Waals surface area contributed by atoms with Gasteiger partial charge in [0.2, 0.25) is 23.6 Å². The van der Waals surface area contributed by atoms with Crippen LogP contribution in [0.2, 0.25) is 0 Å². The molecule has 0 aliphatic rings. The summed E-state index contributed by atoms with van der Waals surface area (Å²) in [4.78, 5) is 85.1. The molecule has 16 nitrogen and oxygen atoms in total. The lowest BCUT2D eigenvalue weighted by Gasteiger charge is -2.18. The molecular weight excluding hydrogens is 769 g/mol. The van der Waals surface area contributed by atoms with Gasteiger partial charge in [-0.3, -0.25) is 38.7 Å². The van der Waals surface area contributed by atoms with Crippen LogP contribution in [0.1, 0.15) is 44.9 Å². The Balaban J connectivity index is 1.03. The quantitative estimate of drug-likeness (QED) is 0.0599. The first-order valence-electron chi connectivity index (χ1n) is 19.2. The van der Waals surface area contributed by atoms with Crippen molar-refractivity contribution in [3.63, 3.8) is 0 Å². The standard InChI is InChI=1S/C44H46N8O8/c53-39(21-25-47-41(55)37(29-59-27-31-11-3-1-4-12-31)51-43(57)35-15-7-9-23-45-35)49-33-17-19-34(20-18-33)50-40(54)22-26-48-42(56)38(30-60-28-32-13-5-2-6-14-32)52-44(58)36-16-8-10-24-46-36/h1-20,23-24,37-38H,21-22,25-30H2,(H,47,55)(H,48,56)(H,49,53)(H,50,54)(H,51,57)(H,52,58)/t37-,38-/m0/s1. The predicted octanol–water partition coefficient (Wildman–Crippen LogP) is 3.40. The van der Waals surface area contributed by atoms with Crippen molar-refractivity contribution in [3.05, 3.63) is 156 Å². The third-order valence-corrected chi connectivity index (χ3v) is 8.59. The summed E-state index contributed by atoms with van der Waals surface area (Å²) in [5, 5.41) is 16.1. The molecule has 0 saturated carbocycles. The fraction of sp³-hybridized carbons (Fsp3) is 0.227. The first-order chi connectivity index (χ1) is 29.2. The van der Waals surface area contributed by atoms with Crippen molar-refractivity contribution in [2.24, 2.45) is 0 Å². The fourth-order valence-corrected chi connectivity index (χ4v) is 5.49. The largest absolute Gasteiger partial charge is 0.374 e. The van der Waals surface area contributed by atoms with Crippen LogP contribution >= 0.6 is 0 Å². The Kier molecular flexibility index (Phi) is 17.4. The van der Waals surface area contributed by atoms with E-state index in [-0.39, 0.29) is 75.6 Å². The van der Waals surface area contributed by atoms with Crippen molar-refractivity contribution in [1.29, 1.82) is 0 Å². The number of ether oxygens (including phenoxy) is 2. The highest BCUT2D eigenvalue weighted by Gasteiger charge is 2.24. The highest BCUT2D eigenvalue weighted by atomic mass is 16.5. The number of nitrogens with zero attached hydrogens (tertiary/aromatic N) is 2. The average Bonchev–Trinajstić information content (AvgIpc) is 3.27. The van der Waals surface area contributed by atoms with Crippen molar-refractivity contribution >= 4 is 46.8 Å². The van der Waals surface area contributed by atoms with E-state index in [4.69, 9.17) is 9.47 Å². The number of carbonyl (C=O) groups is 6. The minimum atomic E-state index is -1.04. The molecule has 16 heteroatoms. The molecule has 0 fully saturated rings. The second kappa shape index (κ2) is 23.8. The molecule has 0 bridgehead atoms. The number of anilines is 2. The van der Waals surface area contributed by atoms with E-state index < -0.39 is 35.7 Å². The van der Waals surface area contributed by atoms with Crippen molar-refractivity contribution in [2.75, 3.05) is 36.9 Å². The molecule has 6 N–H and O–H groups in total. The SMILES string of the molecule is O=C(CCNC(=O)[C@H](COCc1ccccc1)NC(=O)c1ccccn1)Nc1ccc(NC(=O)CCNC(=O)[C@H](COCc2ccccc2)NC(=O)c2ccccn2)cc1. The number of hydrogen-bond donors (Lipinski definition) is 6. The van der Waals surface area contributed by atoms with E-state index >= 15 is 0 Å². The molecule has 310 valence electrons. The Labute approximate surface area is 346 Å². The zero-order valence-electron chi connectivity index (χ0n) is 32.7.